The summed E-state index contributed by atoms with van der Waals surface area (Å²) < 4.78 is 47.0. The van der Waals surface area contributed by atoms with E-state index in [4.69, 9.17) is 14.2 Å². The third kappa shape index (κ3) is 3.36. The molecule has 9 heteroatoms. The van der Waals surface area contributed by atoms with Gasteiger partial charge in [-0.25, -0.2) is 13.6 Å². The number of hydrogen-bond donors (Lipinski definition) is 0. The predicted octanol–water partition coefficient (Wildman–Crippen LogP) is 3.85. The van der Waals surface area contributed by atoms with Crippen LogP contribution in [-0.4, -0.2) is 40.9 Å². The molecule has 1 aromatic heterocycles. The second-order valence-corrected chi connectivity index (χ2v) is 9.38. The highest BCUT2D eigenvalue weighted by molar-refractivity contribution is 5.89. The van der Waals surface area contributed by atoms with Crippen LogP contribution in [0.5, 0.6) is 5.75 Å². The molecule has 5 rings (SSSR count). The molecule has 1 spiro atoms. The molecule has 0 unspecified atom stereocenters. The Balaban J connectivity index is 1.51. The topological polar surface area (TPSA) is 70.0 Å². The van der Waals surface area contributed by atoms with E-state index in [0.29, 0.717) is 18.8 Å². The van der Waals surface area contributed by atoms with E-state index in [1.54, 1.807) is 0 Å². The van der Waals surface area contributed by atoms with Crippen LogP contribution < -0.4 is 10.2 Å². The van der Waals surface area contributed by atoms with Gasteiger partial charge in [-0.15, -0.1) is 0 Å². The summed E-state index contributed by atoms with van der Waals surface area (Å²) in [5, 5.41) is 0. The highest BCUT2D eigenvalue weighted by Gasteiger charge is 2.56. The number of halogens is 2. The molecule has 2 aromatic rings. The van der Waals surface area contributed by atoms with Crippen molar-refractivity contribution in [2.75, 3.05) is 13.7 Å². The predicted molar refractivity (Wildman–Crippen MR) is 119 cm³/mol. The molecule has 2 aliphatic heterocycles. The molecule has 0 bridgehead atoms. The average Bonchev–Trinajstić information content (AvgIpc) is 3.15. The number of benzene rings is 1. The normalized spacial score (nSPS) is 25.9. The number of methoxy groups -OCH3 is 1. The maximum absolute atomic E-state index is 14.3. The van der Waals surface area contributed by atoms with E-state index in [1.165, 1.54) is 26.3 Å². The summed E-state index contributed by atoms with van der Waals surface area (Å²) in [6, 6.07) is 2.47. The Labute approximate surface area is 196 Å². The van der Waals surface area contributed by atoms with Crippen molar-refractivity contribution in [2.45, 2.75) is 70.5 Å². The van der Waals surface area contributed by atoms with Gasteiger partial charge in [0.05, 0.1) is 25.5 Å². The van der Waals surface area contributed by atoms with Crippen molar-refractivity contribution in [1.82, 2.24) is 9.47 Å². The SMILES string of the molecule is COc1c2n(cc(C(=O)OCc3ccc(F)c(C)c3F)c1=O)[C@H]1CCCC[C@]13OC[C@@H](C)N3C2. The lowest BCUT2D eigenvalue weighted by molar-refractivity contribution is -0.159. The molecule has 3 aliphatic rings. The van der Waals surface area contributed by atoms with E-state index in [2.05, 4.69) is 11.8 Å². The van der Waals surface area contributed by atoms with Gasteiger partial charge < -0.3 is 18.8 Å². The Morgan fingerprint density at radius 3 is 2.85 bits per heavy atom. The Hall–Kier alpha value is -2.78. The van der Waals surface area contributed by atoms with Crippen LogP contribution in [0.2, 0.25) is 0 Å². The van der Waals surface area contributed by atoms with E-state index in [1.807, 2.05) is 4.57 Å². The van der Waals surface area contributed by atoms with Crippen molar-refractivity contribution in [3.63, 3.8) is 0 Å². The summed E-state index contributed by atoms with van der Waals surface area (Å²) in [7, 11) is 1.41. The Kier molecular flexibility index (Phi) is 5.72. The van der Waals surface area contributed by atoms with Crippen LogP contribution >= 0.6 is 0 Å². The van der Waals surface area contributed by atoms with E-state index < -0.39 is 35.4 Å². The van der Waals surface area contributed by atoms with E-state index >= 15 is 0 Å². The minimum atomic E-state index is -0.882. The van der Waals surface area contributed by atoms with E-state index in [9.17, 15) is 18.4 Å². The standard InChI is InChI=1S/C25H28F2N2O5/c1-14-12-34-25-9-5-4-6-20(25)28-10-17(22(30)23(32-3)19(28)11-29(14)25)24(31)33-13-16-7-8-18(26)15(2)21(16)27/h7-8,10,14,20H,4-6,9,11-13H2,1-3H3/t14-,20+,25+/m1/s1. The molecule has 7 nitrogen and oxygen atoms in total. The highest BCUT2D eigenvalue weighted by Crippen LogP contribution is 2.51. The maximum Gasteiger partial charge on any atom is 0.344 e. The van der Waals surface area contributed by atoms with Crippen molar-refractivity contribution in [2.24, 2.45) is 0 Å². The molecule has 1 aliphatic carbocycles. The van der Waals surface area contributed by atoms with Gasteiger partial charge in [0, 0.05) is 29.9 Å². The number of esters is 1. The van der Waals surface area contributed by atoms with Gasteiger partial charge in [-0.2, -0.15) is 0 Å². The average molecular weight is 475 g/mol. The molecule has 3 atom stereocenters. The summed E-state index contributed by atoms with van der Waals surface area (Å²) in [4.78, 5) is 28.5. The minimum absolute atomic E-state index is 0.0347. The third-order valence-electron chi connectivity index (χ3n) is 7.51. The van der Waals surface area contributed by atoms with Gasteiger partial charge in [-0.3, -0.25) is 9.69 Å². The van der Waals surface area contributed by atoms with Crippen LogP contribution in [0.4, 0.5) is 8.78 Å². The Bertz CT molecular complexity index is 1210. The van der Waals surface area contributed by atoms with Gasteiger partial charge in [-0.1, -0.05) is 6.42 Å². The van der Waals surface area contributed by atoms with Crippen molar-refractivity contribution < 1.29 is 27.8 Å². The fourth-order valence-corrected chi connectivity index (χ4v) is 5.71. The Morgan fingerprint density at radius 2 is 2.09 bits per heavy atom. The summed E-state index contributed by atoms with van der Waals surface area (Å²) >= 11 is 0. The van der Waals surface area contributed by atoms with Crippen LogP contribution in [0, 0.1) is 18.6 Å². The minimum Gasteiger partial charge on any atom is -0.491 e. The van der Waals surface area contributed by atoms with Crippen molar-refractivity contribution in [1.29, 1.82) is 0 Å². The summed E-state index contributed by atoms with van der Waals surface area (Å²) in [5.41, 5.74) is -0.620. The molecular formula is C25H28F2N2O5. The number of aromatic nitrogens is 1. The third-order valence-corrected chi connectivity index (χ3v) is 7.51. The van der Waals surface area contributed by atoms with Crippen LogP contribution in [0.25, 0.3) is 0 Å². The second-order valence-electron chi connectivity index (χ2n) is 9.38. The number of ether oxygens (including phenoxy) is 3. The molecule has 0 amide bonds. The molecule has 3 heterocycles. The van der Waals surface area contributed by atoms with Crippen molar-refractivity contribution >= 4 is 5.97 Å². The quantitative estimate of drug-likeness (QED) is 0.627. The van der Waals surface area contributed by atoms with Crippen molar-refractivity contribution in [3.8, 4) is 5.75 Å². The zero-order chi connectivity index (χ0) is 24.2. The van der Waals surface area contributed by atoms with Gasteiger partial charge in [-0.05, 0) is 45.2 Å². The first-order valence-corrected chi connectivity index (χ1v) is 11.6. The van der Waals surface area contributed by atoms with Gasteiger partial charge in [0.2, 0.25) is 5.43 Å². The zero-order valence-corrected chi connectivity index (χ0v) is 19.5. The van der Waals surface area contributed by atoms with Crippen LogP contribution in [0.1, 0.15) is 65.8 Å². The summed E-state index contributed by atoms with van der Waals surface area (Å²) in [6.07, 6.45) is 5.31. The van der Waals surface area contributed by atoms with Gasteiger partial charge >= 0.3 is 5.97 Å². The fourth-order valence-electron chi connectivity index (χ4n) is 5.71. The fraction of sp³-hybridized carbons (Fsp3) is 0.520. The molecular weight excluding hydrogens is 446 g/mol. The number of carbonyl (C=O) groups is 1. The van der Waals surface area contributed by atoms with Crippen molar-refractivity contribution in [3.05, 3.63) is 62.6 Å². The molecule has 182 valence electrons. The monoisotopic (exact) mass is 474 g/mol. The second kappa shape index (κ2) is 8.46. The maximum atomic E-state index is 14.3. The Morgan fingerprint density at radius 1 is 1.29 bits per heavy atom. The number of rotatable bonds is 4. The van der Waals surface area contributed by atoms with Gasteiger partial charge in [0.15, 0.2) is 5.75 Å². The van der Waals surface area contributed by atoms with Crippen LogP contribution in [0.3, 0.4) is 0 Å². The lowest BCUT2D eigenvalue weighted by Gasteiger charge is -2.52. The lowest BCUT2D eigenvalue weighted by Crippen LogP contribution is -2.58. The van der Waals surface area contributed by atoms with E-state index in [0.717, 1.165) is 31.7 Å². The first-order valence-electron chi connectivity index (χ1n) is 11.6. The first kappa shape index (κ1) is 23.0. The number of carbonyl (C=O) groups excluding carboxylic acids is 1. The summed E-state index contributed by atoms with van der Waals surface area (Å²) in [5.74, 6) is -2.22. The smallest absolute Gasteiger partial charge is 0.344 e. The zero-order valence-electron chi connectivity index (χ0n) is 19.5. The lowest BCUT2D eigenvalue weighted by atomic mass is 9.83. The first-order chi connectivity index (χ1) is 16.3. The summed E-state index contributed by atoms with van der Waals surface area (Å²) in [6.45, 7) is 4.09. The van der Waals surface area contributed by atoms with Crippen LogP contribution in [0.15, 0.2) is 23.1 Å². The largest absolute Gasteiger partial charge is 0.491 e. The number of pyridine rings is 1. The van der Waals surface area contributed by atoms with Gasteiger partial charge in [0.25, 0.3) is 0 Å². The molecule has 34 heavy (non-hydrogen) atoms. The molecule has 2 fully saturated rings. The number of hydrogen-bond acceptors (Lipinski definition) is 6. The molecule has 1 saturated heterocycles. The van der Waals surface area contributed by atoms with Gasteiger partial charge in [0.1, 0.15) is 29.5 Å². The number of nitrogens with zero attached hydrogens (tertiary/aromatic N) is 2. The van der Waals surface area contributed by atoms with Crippen LogP contribution in [-0.2, 0) is 22.6 Å². The highest BCUT2D eigenvalue weighted by atomic mass is 19.1. The van der Waals surface area contributed by atoms with E-state index in [-0.39, 0.29) is 34.5 Å². The number of fused-ring (bicyclic) bond motifs is 2. The molecule has 0 N–H and O–H groups in total. The molecule has 0 radical (unpaired) electrons. The molecule has 1 aromatic carbocycles. The molecule has 1 saturated carbocycles.